The predicted molar refractivity (Wildman–Crippen MR) is 72.6 cm³/mol. The van der Waals surface area contributed by atoms with E-state index in [0.29, 0.717) is 17.8 Å². The monoisotopic (exact) mass is 259 g/mol. The molecule has 0 bridgehead atoms. The number of hydrogen-bond acceptors (Lipinski definition) is 4. The van der Waals surface area contributed by atoms with Crippen LogP contribution in [0.1, 0.15) is 27.4 Å². The number of carbonyl (C=O) groups is 1. The van der Waals surface area contributed by atoms with Crippen LogP contribution in [0.5, 0.6) is 0 Å². The number of nitrogens with zero attached hydrogens (tertiary/aromatic N) is 2. The second-order valence-electron chi connectivity index (χ2n) is 4.63. The Labute approximate surface area is 112 Å². The molecule has 2 N–H and O–H groups in total. The van der Waals surface area contributed by atoms with E-state index in [0.717, 1.165) is 17.0 Å². The van der Waals surface area contributed by atoms with Crippen molar-refractivity contribution in [2.45, 2.75) is 20.4 Å². The Morgan fingerprint density at radius 1 is 1.42 bits per heavy atom. The van der Waals surface area contributed by atoms with Crippen LogP contribution in [-0.4, -0.2) is 23.0 Å². The zero-order chi connectivity index (χ0) is 14.0. The Kier molecular flexibility index (Phi) is 3.55. The van der Waals surface area contributed by atoms with E-state index < -0.39 is 0 Å². The maximum Gasteiger partial charge on any atom is 0.256 e. The molecule has 0 saturated heterocycles. The van der Waals surface area contributed by atoms with E-state index >= 15 is 0 Å². The van der Waals surface area contributed by atoms with Crippen molar-refractivity contribution < 1.29 is 9.32 Å². The first-order valence-electron chi connectivity index (χ1n) is 6.02. The van der Waals surface area contributed by atoms with E-state index in [2.05, 4.69) is 5.16 Å². The zero-order valence-corrected chi connectivity index (χ0v) is 11.3. The lowest BCUT2D eigenvalue weighted by molar-refractivity contribution is 0.0783. The van der Waals surface area contributed by atoms with Gasteiger partial charge in [-0.25, -0.2) is 0 Å². The average Bonchev–Trinajstić information content (AvgIpc) is 2.77. The summed E-state index contributed by atoms with van der Waals surface area (Å²) in [6, 6.07) is 7.25. The van der Waals surface area contributed by atoms with Crippen LogP contribution in [-0.2, 0) is 6.54 Å². The van der Waals surface area contributed by atoms with E-state index in [1.807, 2.05) is 32.0 Å². The second-order valence-corrected chi connectivity index (χ2v) is 4.63. The molecule has 1 heterocycles. The molecule has 19 heavy (non-hydrogen) atoms. The minimum Gasteiger partial charge on any atom is -0.398 e. The van der Waals surface area contributed by atoms with Crippen LogP contribution in [0.2, 0.25) is 0 Å². The fraction of sp³-hybridized carbons (Fsp3) is 0.286. The Balaban J connectivity index is 2.17. The van der Waals surface area contributed by atoms with Gasteiger partial charge >= 0.3 is 0 Å². The van der Waals surface area contributed by atoms with Crippen molar-refractivity contribution in [3.63, 3.8) is 0 Å². The first-order chi connectivity index (χ1) is 8.99. The summed E-state index contributed by atoms with van der Waals surface area (Å²) in [5.41, 5.74) is 8.60. The van der Waals surface area contributed by atoms with Gasteiger partial charge in [0.15, 0.2) is 0 Å². The van der Waals surface area contributed by atoms with Gasteiger partial charge in [-0.1, -0.05) is 17.3 Å². The number of benzene rings is 1. The molecular weight excluding hydrogens is 242 g/mol. The normalized spacial score (nSPS) is 10.5. The molecule has 2 aromatic rings. The molecule has 1 aromatic heterocycles. The molecule has 0 unspecified atom stereocenters. The topological polar surface area (TPSA) is 72.4 Å². The number of rotatable bonds is 3. The van der Waals surface area contributed by atoms with E-state index in [-0.39, 0.29) is 5.91 Å². The van der Waals surface area contributed by atoms with Gasteiger partial charge < -0.3 is 15.2 Å². The van der Waals surface area contributed by atoms with Crippen molar-refractivity contribution in [1.29, 1.82) is 0 Å². The highest BCUT2D eigenvalue weighted by Crippen LogP contribution is 2.18. The quantitative estimate of drug-likeness (QED) is 0.857. The lowest BCUT2D eigenvalue weighted by Gasteiger charge is -2.17. The summed E-state index contributed by atoms with van der Waals surface area (Å²) < 4.78 is 4.98. The first kappa shape index (κ1) is 13.1. The molecule has 0 radical (unpaired) electrons. The van der Waals surface area contributed by atoms with Gasteiger partial charge in [-0.2, -0.15) is 0 Å². The van der Waals surface area contributed by atoms with Gasteiger partial charge in [0, 0.05) is 18.8 Å². The van der Waals surface area contributed by atoms with Gasteiger partial charge in [-0.15, -0.1) is 0 Å². The molecule has 0 atom stereocenters. The fourth-order valence-electron chi connectivity index (χ4n) is 1.88. The van der Waals surface area contributed by atoms with Crippen LogP contribution in [0.25, 0.3) is 0 Å². The highest BCUT2D eigenvalue weighted by Gasteiger charge is 2.16. The Hall–Kier alpha value is -2.30. The summed E-state index contributed by atoms with van der Waals surface area (Å²) in [7, 11) is 1.72. The molecular formula is C14H17N3O2. The summed E-state index contributed by atoms with van der Waals surface area (Å²) in [6.07, 6.45) is 0. The van der Waals surface area contributed by atoms with Gasteiger partial charge in [-0.3, -0.25) is 4.79 Å². The van der Waals surface area contributed by atoms with Crippen molar-refractivity contribution in [3.05, 3.63) is 46.8 Å². The third kappa shape index (κ3) is 2.76. The lowest BCUT2D eigenvalue weighted by atomic mass is 10.1. The molecule has 5 heteroatoms. The SMILES string of the molecule is Cc1cc(CN(C)C(=O)c2cccc(C)c2N)no1. The summed E-state index contributed by atoms with van der Waals surface area (Å²) in [4.78, 5) is 13.9. The predicted octanol–water partition coefficient (Wildman–Crippen LogP) is 2.15. The number of amides is 1. The molecule has 0 spiro atoms. The summed E-state index contributed by atoms with van der Waals surface area (Å²) in [6.45, 7) is 4.09. The largest absolute Gasteiger partial charge is 0.398 e. The zero-order valence-electron chi connectivity index (χ0n) is 11.3. The average molecular weight is 259 g/mol. The standard InChI is InChI=1S/C14H17N3O2/c1-9-5-4-6-12(13(9)15)14(18)17(3)8-11-7-10(2)19-16-11/h4-7H,8,15H2,1-3H3. The van der Waals surface area contributed by atoms with Crippen molar-refractivity contribution in [3.8, 4) is 0 Å². The van der Waals surface area contributed by atoms with Crippen LogP contribution >= 0.6 is 0 Å². The number of aromatic nitrogens is 1. The Bertz CT molecular complexity index is 604. The Morgan fingerprint density at radius 2 is 2.16 bits per heavy atom. The minimum atomic E-state index is -0.123. The van der Waals surface area contributed by atoms with Crippen LogP contribution in [0.15, 0.2) is 28.8 Å². The number of nitrogen functional groups attached to an aromatic ring is 1. The maximum atomic E-state index is 12.3. The molecule has 1 amide bonds. The molecule has 1 aromatic carbocycles. The van der Waals surface area contributed by atoms with Crippen LogP contribution in [0.3, 0.4) is 0 Å². The molecule has 0 saturated carbocycles. The molecule has 0 aliphatic carbocycles. The van der Waals surface area contributed by atoms with Gasteiger partial charge in [0.2, 0.25) is 0 Å². The van der Waals surface area contributed by atoms with Crippen molar-refractivity contribution in [1.82, 2.24) is 10.1 Å². The van der Waals surface area contributed by atoms with Gasteiger partial charge in [0.05, 0.1) is 12.1 Å². The number of anilines is 1. The van der Waals surface area contributed by atoms with Crippen LogP contribution < -0.4 is 5.73 Å². The number of para-hydroxylation sites is 1. The summed E-state index contributed by atoms with van der Waals surface area (Å²) in [5.74, 6) is 0.604. The lowest BCUT2D eigenvalue weighted by Crippen LogP contribution is -2.27. The fourth-order valence-corrected chi connectivity index (χ4v) is 1.88. The second kappa shape index (κ2) is 5.14. The van der Waals surface area contributed by atoms with Gasteiger partial charge in [0.25, 0.3) is 5.91 Å². The van der Waals surface area contributed by atoms with E-state index in [4.69, 9.17) is 10.3 Å². The Morgan fingerprint density at radius 3 is 2.79 bits per heavy atom. The molecule has 5 nitrogen and oxygen atoms in total. The number of nitrogens with two attached hydrogens (primary N) is 1. The number of carbonyl (C=O) groups excluding carboxylic acids is 1. The maximum absolute atomic E-state index is 12.3. The summed E-state index contributed by atoms with van der Waals surface area (Å²) >= 11 is 0. The van der Waals surface area contributed by atoms with Crippen molar-refractivity contribution in [2.24, 2.45) is 0 Å². The first-order valence-corrected chi connectivity index (χ1v) is 6.02. The summed E-state index contributed by atoms with van der Waals surface area (Å²) in [5, 5.41) is 3.87. The molecule has 0 aliphatic heterocycles. The minimum absolute atomic E-state index is 0.123. The number of hydrogen-bond donors (Lipinski definition) is 1. The third-order valence-electron chi connectivity index (χ3n) is 2.98. The van der Waals surface area contributed by atoms with E-state index in [9.17, 15) is 4.79 Å². The van der Waals surface area contributed by atoms with Gasteiger partial charge in [0.1, 0.15) is 11.5 Å². The van der Waals surface area contributed by atoms with Crippen LogP contribution in [0, 0.1) is 13.8 Å². The number of aryl methyl sites for hydroxylation is 2. The highest BCUT2D eigenvalue weighted by molar-refractivity contribution is 5.99. The van der Waals surface area contributed by atoms with Crippen molar-refractivity contribution in [2.75, 3.05) is 12.8 Å². The van der Waals surface area contributed by atoms with Crippen molar-refractivity contribution >= 4 is 11.6 Å². The molecule has 100 valence electrons. The third-order valence-corrected chi connectivity index (χ3v) is 2.98. The molecule has 2 rings (SSSR count). The molecule has 0 fully saturated rings. The van der Waals surface area contributed by atoms with E-state index in [1.165, 1.54) is 0 Å². The van der Waals surface area contributed by atoms with Gasteiger partial charge in [-0.05, 0) is 25.5 Å². The smallest absolute Gasteiger partial charge is 0.256 e. The van der Waals surface area contributed by atoms with E-state index in [1.54, 1.807) is 18.0 Å². The van der Waals surface area contributed by atoms with Crippen LogP contribution in [0.4, 0.5) is 5.69 Å². The highest BCUT2D eigenvalue weighted by atomic mass is 16.5. The molecule has 0 aliphatic rings.